The number of benzene rings is 2. The number of hydrogen-bond acceptors (Lipinski definition) is 24. The van der Waals surface area contributed by atoms with Gasteiger partial charge < -0.3 is 94.9 Å². The van der Waals surface area contributed by atoms with E-state index in [1.807, 2.05) is 0 Å². The number of carbonyl (C=O) groups excluding carboxylic acids is 3. The van der Waals surface area contributed by atoms with Crippen LogP contribution in [-0.4, -0.2) is 241 Å². The number of Topliss-reactive ketones (excluding diaryl/α,β-unsaturated/α-hetero) is 1. The fourth-order valence-electron chi connectivity index (χ4n) is 14.6. The second-order valence-corrected chi connectivity index (χ2v) is 26.9. The van der Waals surface area contributed by atoms with Crippen molar-refractivity contribution in [1.82, 2.24) is 40.6 Å². The van der Waals surface area contributed by atoms with Gasteiger partial charge in [0.2, 0.25) is 11.8 Å². The first kappa shape index (κ1) is 75.5. The first-order chi connectivity index (χ1) is 47.2. The maximum absolute atomic E-state index is 14.6. The Morgan fingerprint density at radius 1 is 0.667 bits per heavy atom. The Kier molecular flexibility index (Phi) is 25.0. The Morgan fingerprint density at radius 2 is 1.26 bits per heavy atom. The van der Waals surface area contributed by atoms with Crippen LogP contribution >= 0.6 is 0 Å². The maximum atomic E-state index is 14.6. The Bertz CT molecular complexity index is 3380. The maximum Gasteiger partial charge on any atom is 0.332 e. The highest BCUT2D eigenvalue weighted by atomic mass is 19.2. The zero-order valence-electron chi connectivity index (χ0n) is 54.7. The van der Waals surface area contributed by atoms with Gasteiger partial charge in [0.15, 0.2) is 54.1 Å². The van der Waals surface area contributed by atoms with Crippen LogP contribution in [0.1, 0.15) is 122 Å². The Labute approximate surface area is 564 Å². The number of aliphatic hydroxyl groups is 9. The molecule has 3 aliphatic heterocycles. The van der Waals surface area contributed by atoms with Crippen LogP contribution in [0.5, 0.6) is 0 Å². The highest BCUT2D eigenvalue weighted by Gasteiger charge is 2.54. The summed E-state index contributed by atoms with van der Waals surface area (Å²) in [6.07, 6.45) is -21.3. The zero-order valence-corrected chi connectivity index (χ0v) is 54.7. The summed E-state index contributed by atoms with van der Waals surface area (Å²) in [5.41, 5.74) is -0.379. The number of aliphatic carboxylic acids is 1. The molecule has 0 spiro atoms. The molecule has 2 aromatic heterocycles. The fourth-order valence-corrected chi connectivity index (χ4v) is 14.6. The van der Waals surface area contributed by atoms with E-state index >= 15 is 0 Å². The Morgan fingerprint density at radius 3 is 1.90 bits per heavy atom. The summed E-state index contributed by atoms with van der Waals surface area (Å²) >= 11 is 0. The van der Waals surface area contributed by atoms with Gasteiger partial charge in [0, 0.05) is 42.9 Å². The molecule has 0 bridgehead atoms. The molecule has 5 heterocycles. The van der Waals surface area contributed by atoms with Gasteiger partial charge in [0.05, 0.1) is 56.1 Å². The molecule has 6 fully saturated rings. The van der Waals surface area contributed by atoms with E-state index in [1.54, 1.807) is 6.92 Å². The van der Waals surface area contributed by atoms with Crippen LogP contribution < -0.4 is 10.6 Å². The second-order valence-electron chi connectivity index (χ2n) is 26.9. The number of carboxylic acid groups (broad SMARTS) is 1. The number of carboxylic acids is 1. The minimum absolute atomic E-state index is 0.00187. The van der Waals surface area contributed by atoms with E-state index in [0.717, 1.165) is 47.5 Å². The van der Waals surface area contributed by atoms with Gasteiger partial charge in [-0.3, -0.25) is 14.4 Å². The molecule has 548 valence electrons. The van der Waals surface area contributed by atoms with Crippen LogP contribution in [-0.2, 0) is 52.3 Å². The van der Waals surface area contributed by atoms with Crippen LogP contribution in [0, 0.1) is 59.7 Å². The van der Waals surface area contributed by atoms with Crippen LogP contribution in [0.25, 0.3) is 22.5 Å². The number of nitrogens with one attached hydrogen (secondary N) is 2. The number of ether oxygens (including phenoxy) is 7. The molecule has 6 aliphatic rings. The van der Waals surface area contributed by atoms with E-state index in [4.69, 9.17) is 33.2 Å². The molecule has 3 saturated carbocycles. The normalized spacial score (nSPS) is 34.9. The topological polar surface area (TPSA) is 421 Å². The van der Waals surface area contributed by atoms with Crippen LogP contribution in [0.4, 0.5) is 22.0 Å². The highest BCUT2D eigenvalue weighted by Crippen LogP contribution is 2.43. The second kappa shape index (κ2) is 32.9. The highest BCUT2D eigenvalue weighted by molar-refractivity contribution is 5.82. The minimum Gasteiger partial charge on any atom is -0.479 e. The van der Waals surface area contributed by atoms with Crippen molar-refractivity contribution in [3.63, 3.8) is 0 Å². The first-order valence-electron chi connectivity index (χ1n) is 33.5. The number of aromatic nitrogens is 6. The smallest absolute Gasteiger partial charge is 0.332 e. The van der Waals surface area contributed by atoms with Gasteiger partial charge >= 0.3 is 5.97 Å². The van der Waals surface area contributed by atoms with E-state index in [9.17, 15) is 92.2 Å². The van der Waals surface area contributed by atoms with Crippen molar-refractivity contribution in [3.8, 4) is 22.5 Å². The Balaban J connectivity index is 0.864. The standard InChI is InChI=1S/C65H87F5N8O21/c1-5-31-16-34(21-44(59(31)99-65-58(89)57(88)52(83)28(3)93-65)96-63-50(72-29(4)81)60(55(86)47(26-80)97-63)94-45(62(91)92)15-30-10-7-6-8-11-30)42(82)12-9-13-71-61(90)35-20-41(77-23-39(73-75-77)33-18-37(67)49(70)38(68)19-33)53(84)43(22-35)95-64-56(87)51(54(85)46(25-79)98-64)78-24-40(74-76-78)32-14-27(2)48(69)36(66)17-32/h14,17-19,23-24,28,30-31,34-35,41,43-47,50-60,63-65,79-80,83-89H,5-13,15-16,20-22,25-26H2,1-4H3,(H,71,90)(H,72,81)(H,91,92)/t28?,31-,34?,35+,41?,43-,44-,45+,46?,47+,50?,51-,52-,53?,54+,55+,56?,57+,58?,59?,60?,63-,64-,65+/m1/s1. The molecule has 34 heteroatoms. The number of nitrogens with zero attached hydrogens (tertiary/aromatic N) is 6. The molecule has 3 saturated heterocycles. The van der Waals surface area contributed by atoms with Gasteiger partial charge in [-0.25, -0.2) is 36.1 Å². The number of carbonyl (C=O) groups is 4. The molecule has 0 radical (unpaired) electrons. The van der Waals surface area contributed by atoms with Gasteiger partial charge in [-0.2, -0.15) is 0 Å². The third-order valence-electron chi connectivity index (χ3n) is 20.1. The predicted molar refractivity (Wildman–Crippen MR) is 328 cm³/mol. The number of amides is 2. The molecule has 10 unspecified atom stereocenters. The number of halogens is 5. The minimum atomic E-state index is -1.89. The molecule has 10 rings (SSSR count). The molecule has 3 aliphatic carbocycles. The average Bonchev–Trinajstić information content (AvgIpc) is 1.54. The SMILES string of the molecule is CC[C@@H]1CC(C(=O)CCCNC(=O)[C@H]2CC(n3cc(-c4cc(F)c(F)c(F)c4)nn3)C(O)[C@H](O[C@@H]3OC(CO)[C@H](O)[C@@H](n4cc(-c5cc(C)c(F)c(F)c5)nn4)C3O)C2)C[C@@H](O[C@@H]2O[C@@H](CO)[C@H](O)C(O[C@@H](CC3CCCCC3)C(=O)O)C2NC(C)=O)C1O[C@@H]1OC(C)[C@@H](O)[C@H](O)C1O. The summed E-state index contributed by atoms with van der Waals surface area (Å²) in [5, 5.41) is 133. The van der Waals surface area contributed by atoms with Crippen LogP contribution in [0.3, 0.4) is 0 Å². The van der Waals surface area contributed by atoms with E-state index in [0.29, 0.717) is 18.6 Å². The van der Waals surface area contributed by atoms with Crippen molar-refractivity contribution < 1.29 is 125 Å². The first-order valence-corrected chi connectivity index (χ1v) is 33.5. The molecule has 29 nitrogen and oxygen atoms in total. The molecule has 99 heavy (non-hydrogen) atoms. The lowest BCUT2D eigenvalue weighted by atomic mass is 9.74. The fraction of sp³-hybridized carbons (Fsp3) is 0.692. The van der Waals surface area contributed by atoms with Gasteiger partial charge in [0.1, 0.15) is 90.3 Å². The van der Waals surface area contributed by atoms with E-state index < -0.39 is 206 Å². The van der Waals surface area contributed by atoms with Crippen molar-refractivity contribution in [1.29, 1.82) is 0 Å². The number of rotatable bonds is 25. The molecular formula is C65H87F5N8O21. The lowest BCUT2D eigenvalue weighted by Crippen LogP contribution is -2.67. The Hall–Kier alpha value is -6.19. The summed E-state index contributed by atoms with van der Waals surface area (Å²) in [5.74, 6) is -12.6. The number of aliphatic hydroxyl groups excluding tert-OH is 9. The third-order valence-corrected chi connectivity index (χ3v) is 20.1. The van der Waals surface area contributed by atoms with Crippen molar-refractivity contribution in [2.24, 2.45) is 23.7 Å². The summed E-state index contributed by atoms with van der Waals surface area (Å²) < 4.78 is 117. The van der Waals surface area contributed by atoms with Gasteiger partial charge in [-0.1, -0.05) is 55.9 Å². The average molecular weight is 1410 g/mol. The molecule has 24 atom stereocenters. The van der Waals surface area contributed by atoms with Gasteiger partial charge in [-0.15, -0.1) is 10.2 Å². The summed E-state index contributed by atoms with van der Waals surface area (Å²) in [6.45, 7) is 3.94. The predicted octanol–water partition coefficient (Wildman–Crippen LogP) is 1.48. The van der Waals surface area contributed by atoms with E-state index in [2.05, 4.69) is 31.3 Å². The lowest BCUT2D eigenvalue weighted by molar-refractivity contribution is -0.338. The molecule has 4 aromatic rings. The molecular weight excluding hydrogens is 1320 g/mol. The molecule has 2 aromatic carbocycles. The van der Waals surface area contributed by atoms with Crippen LogP contribution in [0.2, 0.25) is 0 Å². The van der Waals surface area contributed by atoms with Crippen LogP contribution in [0.15, 0.2) is 36.7 Å². The summed E-state index contributed by atoms with van der Waals surface area (Å²) in [6, 6.07) is -0.689. The van der Waals surface area contributed by atoms with Gasteiger partial charge in [0.25, 0.3) is 0 Å². The largest absolute Gasteiger partial charge is 0.479 e. The lowest BCUT2D eigenvalue weighted by Gasteiger charge is -2.49. The number of hydrogen-bond donors (Lipinski definition) is 12. The summed E-state index contributed by atoms with van der Waals surface area (Å²) in [7, 11) is 0. The summed E-state index contributed by atoms with van der Waals surface area (Å²) in [4.78, 5) is 55.0. The van der Waals surface area contributed by atoms with Crippen molar-refractivity contribution in [3.05, 3.63) is 71.3 Å². The molecule has 2 amide bonds. The van der Waals surface area contributed by atoms with E-state index in [1.165, 1.54) is 39.2 Å². The third kappa shape index (κ3) is 17.0. The van der Waals surface area contributed by atoms with Crippen molar-refractivity contribution >= 4 is 23.6 Å². The molecule has 12 N–H and O–H groups in total. The van der Waals surface area contributed by atoms with Crippen molar-refractivity contribution in [2.45, 2.75) is 240 Å². The quantitative estimate of drug-likeness (QED) is 0.0254. The van der Waals surface area contributed by atoms with Gasteiger partial charge in [-0.05, 0) is 94.0 Å². The number of ketones is 1. The van der Waals surface area contributed by atoms with E-state index in [-0.39, 0.29) is 91.3 Å². The zero-order chi connectivity index (χ0) is 71.4. The number of aryl methyl sites for hydroxylation is 1. The van der Waals surface area contributed by atoms with Crippen molar-refractivity contribution in [2.75, 3.05) is 19.8 Å². The monoisotopic (exact) mass is 1410 g/mol.